The summed E-state index contributed by atoms with van der Waals surface area (Å²) in [6.45, 7) is 0. The van der Waals surface area contributed by atoms with Crippen LogP contribution in [0.3, 0.4) is 0 Å². The van der Waals surface area contributed by atoms with Crippen LogP contribution in [0.15, 0.2) is 58.8 Å². The molecular weight excluding hydrogens is 364 g/mol. The Morgan fingerprint density at radius 1 is 1.15 bits per heavy atom. The maximum Gasteiger partial charge on any atom is 0.240 e. The third-order valence-electron chi connectivity index (χ3n) is 5.24. The molecule has 1 aliphatic rings. The molecule has 0 saturated heterocycles. The minimum atomic E-state index is -3.81. The van der Waals surface area contributed by atoms with Gasteiger partial charge in [-0.05, 0) is 37.5 Å². The molecule has 3 heterocycles. The van der Waals surface area contributed by atoms with Crippen LogP contribution in [0.25, 0.3) is 22.1 Å². The Morgan fingerprint density at radius 2 is 1.96 bits per heavy atom. The second kappa shape index (κ2) is 5.90. The lowest BCUT2D eigenvalue weighted by atomic mass is 10.2. The van der Waals surface area contributed by atoms with Crippen LogP contribution in [-0.4, -0.2) is 39.1 Å². The van der Waals surface area contributed by atoms with Gasteiger partial charge in [-0.15, -0.1) is 0 Å². The average Bonchev–Trinajstić information content (AvgIpc) is 3.38. The fraction of sp³-hybridized carbons (Fsp3) is 0.263. The zero-order valence-corrected chi connectivity index (χ0v) is 15.2. The molecule has 2 atom stereocenters. The number of imidazole rings is 1. The van der Waals surface area contributed by atoms with Crippen LogP contribution in [0.2, 0.25) is 0 Å². The molecule has 8 heteroatoms. The molecule has 0 aliphatic heterocycles. The minimum absolute atomic E-state index is 0.0123. The quantitative estimate of drug-likeness (QED) is 0.567. The fourth-order valence-electron chi connectivity index (χ4n) is 3.97. The molecule has 0 spiro atoms. The Labute approximate surface area is 155 Å². The maximum atomic E-state index is 13.4. The number of aromatic nitrogens is 4. The van der Waals surface area contributed by atoms with Gasteiger partial charge in [-0.1, -0.05) is 18.2 Å². The molecule has 138 valence electrons. The van der Waals surface area contributed by atoms with E-state index in [2.05, 4.69) is 15.0 Å². The summed E-state index contributed by atoms with van der Waals surface area (Å²) < 4.78 is 28.5. The Balaban J connectivity index is 1.84. The van der Waals surface area contributed by atoms with E-state index in [0.29, 0.717) is 30.4 Å². The van der Waals surface area contributed by atoms with Crippen molar-refractivity contribution < 1.29 is 13.5 Å². The predicted octanol–water partition coefficient (Wildman–Crippen LogP) is 2.83. The zero-order chi connectivity index (χ0) is 18.6. The van der Waals surface area contributed by atoms with E-state index in [1.165, 1.54) is 0 Å². The summed E-state index contributed by atoms with van der Waals surface area (Å²) in [6.07, 6.45) is 4.82. The molecule has 27 heavy (non-hydrogen) atoms. The second-order valence-corrected chi connectivity index (χ2v) is 8.78. The topological polar surface area (TPSA) is 101 Å². The van der Waals surface area contributed by atoms with Crippen molar-refractivity contribution in [2.24, 2.45) is 0 Å². The molecule has 4 aromatic rings. The van der Waals surface area contributed by atoms with Crippen molar-refractivity contribution in [2.45, 2.75) is 41.5 Å². The number of hydrogen-bond acceptors (Lipinski definition) is 5. The summed E-state index contributed by atoms with van der Waals surface area (Å²) in [5.41, 5.74) is 1.97. The summed E-state index contributed by atoms with van der Waals surface area (Å²) in [4.78, 5) is 12.1. The van der Waals surface area contributed by atoms with Crippen LogP contribution in [0.1, 0.15) is 25.3 Å². The summed E-state index contributed by atoms with van der Waals surface area (Å²) >= 11 is 0. The van der Waals surface area contributed by atoms with Crippen molar-refractivity contribution in [3.05, 3.63) is 48.8 Å². The van der Waals surface area contributed by atoms with Crippen molar-refractivity contribution in [1.29, 1.82) is 0 Å². The van der Waals surface area contributed by atoms with E-state index in [1.807, 2.05) is 6.07 Å². The molecular formula is C19H18N4O3S. The van der Waals surface area contributed by atoms with Crippen LogP contribution in [-0.2, 0) is 9.84 Å². The lowest BCUT2D eigenvalue weighted by molar-refractivity contribution is 0.177. The normalized spacial score (nSPS) is 20.6. The van der Waals surface area contributed by atoms with E-state index >= 15 is 0 Å². The number of pyridine rings is 1. The van der Waals surface area contributed by atoms with Crippen LogP contribution < -0.4 is 0 Å². The molecule has 2 N–H and O–H groups in total. The molecule has 1 aromatic carbocycles. The number of fused-ring (bicyclic) bond motifs is 3. The Hall–Kier alpha value is -2.71. The van der Waals surface area contributed by atoms with E-state index in [0.717, 1.165) is 10.9 Å². The van der Waals surface area contributed by atoms with Gasteiger partial charge in [0.25, 0.3) is 0 Å². The number of aliphatic hydroxyl groups is 1. The monoisotopic (exact) mass is 382 g/mol. The molecule has 3 aromatic heterocycles. The molecule has 1 aliphatic carbocycles. The minimum Gasteiger partial charge on any atom is -0.393 e. The van der Waals surface area contributed by atoms with Crippen LogP contribution >= 0.6 is 0 Å². The largest absolute Gasteiger partial charge is 0.393 e. The van der Waals surface area contributed by atoms with Gasteiger partial charge in [-0.3, -0.25) is 0 Å². The first-order valence-electron chi connectivity index (χ1n) is 8.88. The average molecular weight is 382 g/mol. The molecule has 7 nitrogen and oxygen atoms in total. The molecule has 2 unspecified atom stereocenters. The Kier molecular flexibility index (Phi) is 3.60. The summed E-state index contributed by atoms with van der Waals surface area (Å²) in [6, 6.07) is 10.1. The third kappa shape index (κ3) is 2.48. The van der Waals surface area contributed by atoms with Gasteiger partial charge in [0.2, 0.25) is 15.0 Å². The Morgan fingerprint density at radius 3 is 2.70 bits per heavy atom. The number of rotatable bonds is 3. The number of aromatic amines is 1. The second-order valence-electron chi connectivity index (χ2n) is 6.93. The highest BCUT2D eigenvalue weighted by molar-refractivity contribution is 7.91. The van der Waals surface area contributed by atoms with E-state index in [1.54, 1.807) is 47.3 Å². The molecule has 1 fully saturated rings. The van der Waals surface area contributed by atoms with Crippen molar-refractivity contribution in [3.63, 3.8) is 0 Å². The number of nitrogens with zero attached hydrogens (tertiary/aromatic N) is 3. The molecule has 0 radical (unpaired) electrons. The highest BCUT2D eigenvalue weighted by Gasteiger charge is 2.33. The number of benzene rings is 1. The van der Waals surface area contributed by atoms with Crippen LogP contribution in [0.5, 0.6) is 0 Å². The lowest BCUT2D eigenvalue weighted by Gasteiger charge is -2.17. The van der Waals surface area contributed by atoms with E-state index in [4.69, 9.17) is 0 Å². The highest BCUT2D eigenvalue weighted by Crippen LogP contribution is 2.38. The fourth-order valence-corrected chi connectivity index (χ4v) is 5.42. The number of sulfone groups is 1. The van der Waals surface area contributed by atoms with Gasteiger partial charge in [-0.25, -0.2) is 18.4 Å². The van der Waals surface area contributed by atoms with E-state index in [9.17, 15) is 13.5 Å². The molecule has 1 saturated carbocycles. The summed E-state index contributed by atoms with van der Waals surface area (Å²) in [5, 5.41) is 10.9. The number of aliphatic hydroxyl groups excluding tert-OH is 1. The SMILES string of the molecule is O=S(=O)(c1ccccc1)c1nc2cnc3[nH]ccc3c2n1C1CCC(O)C1. The van der Waals surface area contributed by atoms with Crippen LogP contribution in [0, 0.1) is 0 Å². The van der Waals surface area contributed by atoms with Crippen molar-refractivity contribution in [3.8, 4) is 0 Å². The smallest absolute Gasteiger partial charge is 0.240 e. The lowest BCUT2D eigenvalue weighted by Crippen LogP contribution is -2.15. The Bertz CT molecular complexity index is 1240. The molecule has 5 rings (SSSR count). The van der Waals surface area contributed by atoms with Gasteiger partial charge < -0.3 is 14.7 Å². The maximum absolute atomic E-state index is 13.4. The number of nitrogens with one attached hydrogen (secondary N) is 1. The van der Waals surface area contributed by atoms with Gasteiger partial charge >= 0.3 is 0 Å². The molecule has 0 amide bonds. The van der Waals surface area contributed by atoms with Crippen molar-refractivity contribution in [2.75, 3.05) is 0 Å². The van der Waals surface area contributed by atoms with Crippen molar-refractivity contribution >= 4 is 31.9 Å². The first-order valence-corrected chi connectivity index (χ1v) is 10.4. The van der Waals surface area contributed by atoms with Gasteiger partial charge in [0.05, 0.1) is 22.7 Å². The van der Waals surface area contributed by atoms with Crippen LogP contribution in [0.4, 0.5) is 0 Å². The van der Waals surface area contributed by atoms with Crippen molar-refractivity contribution in [1.82, 2.24) is 19.5 Å². The predicted molar refractivity (Wildman–Crippen MR) is 100 cm³/mol. The van der Waals surface area contributed by atoms with Gasteiger partial charge in [0.1, 0.15) is 11.2 Å². The van der Waals surface area contributed by atoms with Gasteiger partial charge in [0, 0.05) is 17.6 Å². The van der Waals surface area contributed by atoms with E-state index in [-0.39, 0.29) is 16.1 Å². The summed E-state index contributed by atoms with van der Waals surface area (Å²) in [7, 11) is -3.81. The first-order chi connectivity index (χ1) is 13.1. The number of hydrogen-bond donors (Lipinski definition) is 2. The van der Waals surface area contributed by atoms with Gasteiger partial charge in [-0.2, -0.15) is 0 Å². The first kappa shape index (κ1) is 16.5. The summed E-state index contributed by atoms with van der Waals surface area (Å²) in [5.74, 6) is 0. The third-order valence-corrected chi connectivity index (χ3v) is 6.90. The molecule has 0 bridgehead atoms. The van der Waals surface area contributed by atoms with Gasteiger partial charge in [0.15, 0.2) is 0 Å². The zero-order valence-electron chi connectivity index (χ0n) is 14.4. The number of H-pyrrole nitrogens is 1. The standard InChI is InChI=1S/C19H18N4O3S/c24-13-7-6-12(10-13)23-17-15-8-9-20-18(15)21-11-16(17)22-19(23)27(25,26)14-4-2-1-3-5-14/h1-5,8-9,11-13,24H,6-7,10H2,(H,20,21). The highest BCUT2D eigenvalue weighted by atomic mass is 32.2. The van der Waals surface area contributed by atoms with E-state index < -0.39 is 15.9 Å².